The molecule has 1 rings (SSSR count). The van der Waals surface area contributed by atoms with E-state index in [4.69, 9.17) is 9.84 Å². The van der Waals surface area contributed by atoms with Gasteiger partial charge in [0.1, 0.15) is 0 Å². The normalized spacial score (nSPS) is 22.4. The number of methoxy groups -OCH3 is 1. The van der Waals surface area contributed by atoms with Crippen LogP contribution < -0.4 is 0 Å². The van der Waals surface area contributed by atoms with Crippen LogP contribution in [0.3, 0.4) is 0 Å². The van der Waals surface area contributed by atoms with Crippen LogP contribution in [0.2, 0.25) is 0 Å². The van der Waals surface area contributed by atoms with E-state index in [1.54, 1.807) is 7.11 Å². The summed E-state index contributed by atoms with van der Waals surface area (Å²) in [6, 6.07) is 0. The smallest absolute Gasteiger partial charge is 0.308 e. The lowest BCUT2D eigenvalue weighted by molar-refractivity contribution is -0.141. The second-order valence-electron chi connectivity index (χ2n) is 3.07. The van der Waals surface area contributed by atoms with E-state index in [0.29, 0.717) is 19.7 Å². The molecule has 0 aliphatic carbocycles. The summed E-state index contributed by atoms with van der Waals surface area (Å²) in [6.45, 7) is 1.26. The van der Waals surface area contributed by atoms with E-state index in [9.17, 15) is 9.59 Å². The highest BCUT2D eigenvalue weighted by molar-refractivity contribution is 5.86. The molecule has 5 nitrogen and oxygen atoms in total. The van der Waals surface area contributed by atoms with Gasteiger partial charge in [-0.3, -0.25) is 9.59 Å². The molecule has 1 aliphatic rings. The van der Waals surface area contributed by atoms with Crippen molar-refractivity contribution in [2.45, 2.75) is 6.42 Å². The van der Waals surface area contributed by atoms with E-state index >= 15 is 0 Å². The molecule has 5 heteroatoms. The Bertz CT molecular complexity index is 216. The van der Waals surface area contributed by atoms with Gasteiger partial charge in [-0.2, -0.15) is 0 Å². The molecule has 0 unspecified atom stereocenters. The van der Waals surface area contributed by atoms with Crippen LogP contribution in [-0.2, 0) is 14.3 Å². The highest BCUT2D eigenvalue weighted by Gasteiger charge is 2.33. The standard InChI is InChI=1S/C8H13NO4/c1-13-3-2-9-5-6(8(11)12)4-7(9)10/h6H,2-5H2,1H3,(H,11,12)/t6-/m1/s1. The topological polar surface area (TPSA) is 66.8 Å². The summed E-state index contributed by atoms with van der Waals surface area (Å²) in [6.07, 6.45) is 0.124. The number of hydrogen-bond donors (Lipinski definition) is 1. The van der Waals surface area contributed by atoms with E-state index in [1.165, 1.54) is 4.90 Å². The first-order chi connectivity index (χ1) is 6.15. The summed E-state index contributed by atoms with van der Waals surface area (Å²) in [7, 11) is 1.55. The van der Waals surface area contributed by atoms with Crippen molar-refractivity contribution in [2.75, 3.05) is 26.8 Å². The van der Waals surface area contributed by atoms with Gasteiger partial charge < -0.3 is 14.7 Å². The van der Waals surface area contributed by atoms with Gasteiger partial charge in [0.05, 0.1) is 12.5 Å². The van der Waals surface area contributed by atoms with Gasteiger partial charge in [-0.05, 0) is 0 Å². The second-order valence-corrected chi connectivity index (χ2v) is 3.07. The molecular weight excluding hydrogens is 174 g/mol. The van der Waals surface area contributed by atoms with E-state index in [-0.39, 0.29) is 12.3 Å². The Hall–Kier alpha value is -1.10. The second kappa shape index (κ2) is 4.23. The average molecular weight is 187 g/mol. The Kier molecular flexibility index (Phi) is 3.25. The molecule has 13 heavy (non-hydrogen) atoms. The van der Waals surface area contributed by atoms with Crippen molar-refractivity contribution in [1.29, 1.82) is 0 Å². The maximum atomic E-state index is 11.2. The fraction of sp³-hybridized carbons (Fsp3) is 0.750. The number of nitrogens with zero attached hydrogens (tertiary/aromatic N) is 1. The summed E-state index contributed by atoms with van der Waals surface area (Å²) < 4.78 is 4.81. The van der Waals surface area contributed by atoms with Crippen LogP contribution in [0.25, 0.3) is 0 Å². The summed E-state index contributed by atoms with van der Waals surface area (Å²) in [4.78, 5) is 23.3. The first-order valence-corrected chi connectivity index (χ1v) is 4.14. The SMILES string of the molecule is COCCN1C[C@H](C(=O)O)CC1=O. The number of amides is 1. The zero-order valence-electron chi connectivity index (χ0n) is 7.52. The number of carbonyl (C=O) groups is 2. The third kappa shape index (κ3) is 2.42. The molecule has 0 radical (unpaired) electrons. The van der Waals surface area contributed by atoms with Crippen LogP contribution in [0, 0.1) is 5.92 Å². The maximum absolute atomic E-state index is 11.2. The Labute approximate surface area is 76.3 Å². The zero-order chi connectivity index (χ0) is 9.84. The zero-order valence-corrected chi connectivity index (χ0v) is 7.52. The van der Waals surface area contributed by atoms with Gasteiger partial charge in [0.2, 0.25) is 5.91 Å². The highest BCUT2D eigenvalue weighted by Crippen LogP contribution is 2.17. The molecule has 0 spiro atoms. The molecule has 1 amide bonds. The van der Waals surface area contributed by atoms with E-state index in [1.807, 2.05) is 0 Å². The minimum absolute atomic E-state index is 0.0931. The third-order valence-corrected chi connectivity index (χ3v) is 2.13. The minimum atomic E-state index is -0.895. The number of hydrogen-bond acceptors (Lipinski definition) is 3. The molecule has 1 saturated heterocycles. The molecule has 0 bridgehead atoms. The largest absolute Gasteiger partial charge is 0.481 e. The van der Waals surface area contributed by atoms with Crippen molar-refractivity contribution >= 4 is 11.9 Å². The summed E-state index contributed by atoms with van der Waals surface area (Å²) >= 11 is 0. The third-order valence-electron chi connectivity index (χ3n) is 2.13. The molecule has 1 N–H and O–H groups in total. The number of carboxylic acid groups (broad SMARTS) is 1. The van der Waals surface area contributed by atoms with Crippen molar-refractivity contribution in [2.24, 2.45) is 5.92 Å². The Morgan fingerprint density at radius 2 is 2.46 bits per heavy atom. The van der Waals surface area contributed by atoms with E-state index in [2.05, 4.69) is 0 Å². The number of likely N-dealkylation sites (tertiary alicyclic amines) is 1. The number of rotatable bonds is 4. The quantitative estimate of drug-likeness (QED) is 0.648. The molecule has 1 atom stereocenters. The van der Waals surface area contributed by atoms with Gasteiger partial charge in [0.25, 0.3) is 0 Å². The average Bonchev–Trinajstić information content (AvgIpc) is 2.44. The number of aliphatic carboxylic acids is 1. The highest BCUT2D eigenvalue weighted by atomic mass is 16.5. The molecule has 0 saturated carbocycles. The lowest BCUT2D eigenvalue weighted by Crippen LogP contribution is -2.29. The number of carbonyl (C=O) groups excluding carboxylic acids is 1. The molecule has 0 aromatic carbocycles. The molecule has 74 valence electrons. The predicted octanol–water partition coefficient (Wildman–Crippen LogP) is -0.434. The Morgan fingerprint density at radius 1 is 1.77 bits per heavy atom. The van der Waals surface area contributed by atoms with Crippen molar-refractivity contribution in [3.63, 3.8) is 0 Å². The summed E-state index contributed by atoms with van der Waals surface area (Å²) in [5.41, 5.74) is 0. The van der Waals surface area contributed by atoms with E-state index in [0.717, 1.165) is 0 Å². The van der Waals surface area contributed by atoms with Crippen LogP contribution in [0.4, 0.5) is 0 Å². The summed E-state index contributed by atoms with van der Waals surface area (Å²) in [5.74, 6) is -1.53. The van der Waals surface area contributed by atoms with Gasteiger partial charge in [-0.25, -0.2) is 0 Å². The molecule has 0 aromatic heterocycles. The lowest BCUT2D eigenvalue weighted by Gasteiger charge is -2.14. The Balaban J connectivity index is 2.42. The van der Waals surface area contributed by atoms with Gasteiger partial charge in [0, 0.05) is 26.6 Å². The van der Waals surface area contributed by atoms with Crippen LogP contribution in [0.5, 0.6) is 0 Å². The molecule has 1 fully saturated rings. The van der Waals surface area contributed by atoms with Crippen LogP contribution in [-0.4, -0.2) is 48.7 Å². The van der Waals surface area contributed by atoms with Crippen molar-refractivity contribution in [3.8, 4) is 0 Å². The Morgan fingerprint density at radius 3 is 2.92 bits per heavy atom. The first kappa shape index (κ1) is 9.98. The van der Waals surface area contributed by atoms with Crippen molar-refractivity contribution in [1.82, 2.24) is 4.90 Å². The predicted molar refractivity (Wildman–Crippen MR) is 44.2 cm³/mol. The van der Waals surface area contributed by atoms with Gasteiger partial charge in [-0.1, -0.05) is 0 Å². The van der Waals surface area contributed by atoms with Gasteiger partial charge in [0.15, 0.2) is 0 Å². The van der Waals surface area contributed by atoms with Gasteiger partial charge >= 0.3 is 5.97 Å². The summed E-state index contributed by atoms with van der Waals surface area (Å²) in [5, 5.41) is 8.66. The van der Waals surface area contributed by atoms with Crippen molar-refractivity contribution < 1.29 is 19.4 Å². The molecule has 1 heterocycles. The maximum Gasteiger partial charge on any atom is 0.308 e. The molecular formula is C8H13NO4. The molecule has 1 aliphatic heterocycles. The minimum Gasteiger partial charge on any atom is -0.481 e. The first-order valence-electron chi connectivity index (χ1n) is 4.14. The van der Waals surface area contributed by atoms with Crippen LogP contribution in [0.1, 0.15) is 6.42 Å². The fourth-order valence-corrected chi connectivity index (χ4v) is 1.36. The van der Waals surface area contributed by atoms with Gasteiger partial charge in [-0.15, -0.1) is 0 Å². The van der Waals surface area contributed by atoms with Crippen LogP contribution in [0.15, 0.2) is 0 Å². The number of ether oxygens (including phenoxy) is 1. The fourth-order valence-electron chi connectivity index (χ4n) is 1.36. The van der Waals surface area contributed by atoms with Crippen molar-refractivity contribution in [3.05, 3.63) is 0 Å². The van der Waals surface area contributed by atoms with Crippen LogP contribution >= 0.6 is 0 Å². The van der Waals surface area contributed by atoms with E-state index < -0.39 is 11.9 Å². The number of carboxylic acids is 1. The molecule has 0 aromatic rings. The monoisotopic (exact) mass is 187 g/mol. The lowest BCUT2D eigenvalue weighted by atomic mass is 10.1.